The fraction of sp³-hybridized carbons (Fsp3) is 0.588. The second kappa shape index (κ2) is 6.12. The third-order valence-electron chi connectivity index (χ3n) is 5.37. The molecule has 3 nitrogen and oxygen atoms in total. The van der Waals surface area contributed by atoms with E-state index in [1.165, 1.54) is 0 Å². The zero-order valence-corrected chi connectivity index (χ0v) is 14.3. The van der Waals surface area contributed by atoms with E-state index in [9.17, 15) is 9.90 Å². The van der Waals surface area contributed by atoms with Crippen LogP contribution in [-0.4, -0.2) is 41.0 Å². The van der Waals surface area contributed by atoms with Crippen molar-refractivity contribution in [2.24, 2.45) is 5.92 Å². The molecule has 2 fully saturated rings. The van der Waals surface area contributed by atoms with E-state index in [4.69, 9.17) is 23.2 Å². The van der Waals surface area contributed by atoms with Crippen molar-refractivity contribution in [1.82, 2.24) is 4.90 Å². The molecule has 3 rings (SSSR count). The summed E-state index contributed by atoms with van der Waals surface area (Å²) < 4.78 is 0. The molecule has 5 heteroatoms. The first-order valence-corrected chi connectivity index (χ1v) is 8.57. The predicted molar refractivity (Wildman–Crippen MR) is 88.6 cm³/mol. The molecule has 0 aromatic heterocycles. The Morgan fingerprint density at radius 1 is 1.32 bits per heavy atom. The van der Waals surface area contributed by atoms with Gasteiger partial charge >= 0.3 is 0 Å². The standard InChI is InChI=1S/C17H21Cl2NO2/c1-3-14(21)16-11(9-4-5-12(18)13(19)6-9)7-10-8-15(22)17(16)20(10)2/h4-6,10-11,15-17,22H,3,7-8H2,1-2H3/t10-,11+,15-,16-,17-/m1/s1. The van der Waals surface area contributed by atoms with Crippen molar-refractivity contribution in [3.05, 3.63) is 33.8 Å². The number of fused-ring (bicyclic) bond motifs is 2. The molecule has 0 aliphatic carbocycles. The Kier molecular flexibility index (Phi) is 4.52. The lowest BCUT2D eigenvalue weighted by Crippen LogP contribution is -2.51. The second-order valence-corrected chi connectivity index (χ2v) is 7.29. The Labute approximate surface area is 141 Å². The van der Waals surface area contributed by atoms with Crippen LogP contribution in [0.3, 0.4) is 0 Å². The number of Topliss-reactive ketones (excluding diaryl/α,β-unsaturated/α-hetero) is 1. The van der Waals surface area contributed by atoms with Gasteiger partial charge in [-0.15, -0.1) is 0 Å². The van der Waals surface area contributed by atoms with E-state index in [2.05, 4.69) is 4.90 Å². The Hall–Kier alpha value is -0.610. The zero-order chi connectivity index (χ0) is 16.0. The van der Waals surface area contributed by atoms with E-state index in [1.807, 2.05) is 26.1 Å². The maximum Gasteiger partial charge on any atom is 0.137 e. The molecule has 2 aliphatic heterocycles. The molecule has 0 amide bonds. The molecule has 0 spiro atoms. The Balaban J connectivity index is 2.01. The zero-order valence-electron chi connectivity index (χ0n) is 12.8. The first-order valence-electron chi connectivity index (χ1n) is 7.81. The molecule has 5 atom stereocenters. The third kappa shape index (κ3) is 2.58. The molecule has 22 heavy (non-hydrogen) atoms. The monoisotopic (exact) mass is 341 g/mol. The van der Waals surface area contributed by atoms with Gasteiger partial charge in [-0.3, -0.25) is 9.69 Å². The van der Waals surface area contributed by atoms with Crippen LogP contribution in [0.15, 0.2) is 18.2 Å². The summed E-state index contributed by atoms with van der Waals surface area (Å²) in [5.74, 6) is 0.138. The highest BCUT2D eigenvalue weighted by Gasteiger charge is 2.52. The summed E-state index contributed by atoms with van der Waals surface area (Å²) in [6, 6.07) is 5.86. The van der Waals surface area contributed by atoms with Crippen molar-refractivity contribution in [3.8, 4) is 0 Å². The van der Waals surface area contributed by atoms with Gasteiger partial charge in [0.2, 0.25) is 0 Å². The number of nitrogens with zero attached hydrogens (tertiary/aromatic N) is 1. The van der Waals surface area contributed by atoms with Crippen LogP contribution < -0.4 is 0 Å². The van der Waals surface area contributed by atoms with Gasteiger partial charge in [-0.05, 0) is 43.5 Å². The van der Waals surface area contributed by atoms with Gasteiger partial charge < -0.3 is 5.11 Å². The topological polar surface area (TPSA) is 40.5 Å². The molecule has 0 radical (unpaired) electrons. The highest BCUT2D eigenvalue weighted by atomic mass is 35.5. The second-order valence-electron chi connectivity index (χ2n) is 6.47. The van der Waals surface area contributed by atoms with Crippen molar-refractivity contribution in [1.29, 1.82) is 0 Å². The quantitative estimate of drug-likeness (QED) is 0.914. The van der Waals surface area contributed by atoms with Gasteiger partial charge in [0.25, 0.3) is 0 Å². The van der Waals surface area contributed by atoms with E-state index in [0.29, 0.717) is 22.5 Å². The lowest BCUT2D eigenvalue weighted by Gasteiger charge is -2.43. The number of aliphatic hydroxyl groups excluding tert-OH is 1. The van der Waals surface area contributed by atoms with Crippen LogP contribution in [0, 0.1) is 5.92 Å². The van der Waals surface area contributed by atoms with Crippen molar-refractivity contribution in [2.75, 3.05) is 7.05 Å². The van der Waals surface area contributed by atoms with Gasteiger partial charge in [-0.2, -0.15) is 0 Å². The number of ketones is 1. The summed E-state index contributed by atoms with van der Waals surface area (Å²) in [6.45, 7) is 1.89. The molecule has 2 bridgehead atoms. The Bertz CT molecular complexity index is 592. The molecule has 0 saturated carbocycles. The number of rotatable bonds is 3. The number of piperidine rings is 1. The van der Waals surface area contributed by atoms with Crippen molar-refractivity contribution in [3.63, 3.8) is 0 Å². The van der Waals surface area contributed by atoms with Gasteiger partial charge in [0, 0.05) is 24.4 Å². The van der Waals surface area contributed by atoms with Gasteiger partial charge in [-0.25, -0.2) is 0 Å². The van der Waals surface area contributed by atoms with Crippen LogP contribution in [0.1, 0.15) is 37.7 Å². The Morgan fingerprint density at radius 3 is 2.68 bits per heavy atom. The summed E-state index contributed by atoms with van der Waals surface area (Å²) in [6.07, 6.45) is 1.68. The fourth-order valence-electron chi connectivity index (χ4n) is 4.27. The minimum atomic E-state index is -0.428. The van der Waals surface area contributed by atoms with Crippen molar-refractivity contribution >= 4 is 29.0 Å². The van der Waals surface area contributed by atoms with E-state index < -0.39 is 6.10 Å². The number of benzene rings is 1. The van der Waals surface area contributed by atoms with Gasteiger partial charge in [-0.1, -0.05) is 36.2 Å². The summed E-state index contributed by atoms with van der Waals surface area (Å²) in [5, 5.41) is 11.5. The predicted octanol–water partition coefficient (Wildman–Crippen LogP) is 3.51. The van der Waals surface area contributed by atoms with Gasteiger partial charge in [0.1, 0.15) is 5.78 Å². The maximum absolute atomic E-state index is 12.6. The molecule has 0 unspecified atom stereocenters. The fourth-order valence-corrected chi connectivity index (χ4v) is 4.58. The van der Waals surface area contributed by atoms with Crippen LogP contribution >= 0.6 is 23.2 Å². The van der Waals surface area contributed by atoms with E-state index in [1.54, 1.807) is 6.07 Å². The first-order chi connectivity index (χ1) is 10.4. The van der Waals surface area contributed by atoms with E-state index >= 15 is 0 Å². The van der Waals surface area contributed by atoms with Crippen LogP contribution in [0.2, 0.25) is 10.0 Å². The minimum absolute atomic E-state index is 0.0920. The molecule has 1 N–H and O–H groups in total. The molecule has 2 aliphatic rings. The number of carbonyl (C=O) groups excluding carboxylic acids is 1. The lowest BCUT2D eigenvalue weighted by atomic mass is 9.73. The molecule has 1 aromatic carbocycles. The molecule has 120 valence electrons. The van der Waals surface area contributed by atoms with Crippen LogP contribution in [0.4, 0.5) is 0 Å². The number of aliphatic hydroxyl groups is 1. The van der Waals surface area contributed by atoms with Crippen molar-refractivity contribution < 1.29 is 9.90 Å². The van der Waals surface area contributed by atoms with Crippen LogP contribution in [0.25, 0.3) is 0 Å². The maximum atomic E-state index is 12.6. The lowest BCUT2D eigenvalue weighted by molar-refractivity contribution is -0.128. The number of hydrogen-bond acceptors (Lipinski definition) is 3. The summed E-state index contributed by atoms with van der Waals surface area (Å²) in [4.78, 5) is 14.8. The largest absolute Gasteiger partial charge is 0.391 e. The highest BCUT2D eigenvalue weighted by molar-refractivity contribution is 6.42. The number of likely N-dealkylation sites (N-methyl/N-ethyl adjacent to an activating group) is 1. The average Bonchev–Trinajstić information content (AvgIpc) is 2.68. The summed E-state index contributed by atoms with van der Waals surface area (Å²) >= 11 is 12.2. The average molecular weight is 342 g/mol. The van der Waals surface area contributed by atoms with Crippen LogP contribution in [-0.2, 0) is 4.79 Å². The van der Waals surface area contributed by atoms with Crippen molar-refractivity contribution in [2.45, 2.75) is 50.3 Å². The number of hydrogen-bond donors (Lipinski definition) is 1. The van der Waals surface area contributed by atoms with E-state index in [-0.39, 0.29) is 23.7 Å². The Morgan fingerprint density at radius 2 is 2.05 bits per heavy atom. The number of carbonyl (C=O) groups is 1. The normalized spacial score (nSPS) is 34.9. The van der Waals surface area contributed by atoms with Crippen LogP contribution in [0.5, 0.6) is 0 Å². The minimum Gasteiger partial charge on any atom is -0.391 e. The smallest absolute Gasteiger partial charge is 0.137 e. The van der Waals surface area contributed by atoms with Gasteiger partial charge in [0.15, 0.2) is 0 Å². The van der Waals surface area contributed by atoms with Gasteiger partial charge in [0.05, 0.1) is 16.1 Å². The SMILES string of the molecule is CCC(=O)[C@@H]1[C@H]2[C@H](O)C[C@@H](C[C@H]1c1ccc(Cl)c(Cl)c1)N2C. The number of halogens is 2. The molecular formula is C17H21Cl2NO2. The first kappa shape index (κ1) is 16.3. The highest BCUT2D eigenvalue weighted by Crippen LogP contribution is 2.47. The van der Waals surface area contributed by atoms with E-state index in [0.717, 1.165) is 18.4 Å². The molecule has 1 aromatic rings. The molecule has 2 saturated heterocycles. The third-order valence-corrected chi connectivity index (χ3v) is 6.11. The molecule has 2 heterocycles. The summed E-state index contributed by atoms with van der Waals surface area (Å²) in [5.41, 5.74) is 1.05. The molecular weight excluding hydrogens is 321 g/mol. The summed E-state index contributed by atoms with van der Waals surface area (Å²) in [7, 11) is 2.02.